The topological polar surface area (TPSA) is 68.2 Å². The van der Waals surface area contributed by atoms with Gasteiger partial charge in [0.15, 0.2) is 5.82 Å². The summed E-state index contributed by atoms with van der Waals surface area (Å²) in [5.74, 6) is 0.829. The maximum absolute atomic E-state index is 13.8. The van der Waals surface area contributed by atoms with Crippen LogP contribution in [-0.4, -0.2) is 44.4 Å². The van der Waals surface area contributed by atoms with Crippen LogP contribution in [-0.2, 0) is 0 Å². The molecule has 2 aliphatic rings. The number of carbonyl (C=O) groups excluding carboxylic acids is 1. The van der Waals surface area contributed by atoms with Crippen LogP contribution in [0.15, 0.2) is 55.0 Å². The highest BCUT2D eigenvalue weighted by atomic mass is 19.1. The van der Waals surface area contributed by atoms with Crippen LogP contribution in [0.1, 0.15) is 41.6 Å². The number of amides is 1. The Kier molecular flexibility index (Phi) is 5.55. The summed E-state index contributed by atoms with van der Waals surface area (Å²) in [7, 11) is 0. The first-order valence-electron chi connectivity index (χ1n) is 11.0. The zero-order chi connectivity index (χ0) is 22.1. The minimum Gasteiger partial charge on any atom is -0.477 e. The minimum absolute atomic E-state index is 0.0354. The Morgan fingerprint density at radius 2 is 1.91 bits per heavy atom. The fourth-order valence-electron chi connectivity index (χ4n) is 5.02. The fourth-order valence-corrected chi connectivity index (χ4v) is 5.02. The molecule has 2 aromatic heterocycles. The molecule has 1 aromatic carbocycles. The molecule has 2 saturated heterocycles. The summed E-state index contributed by atoms with van der Waals surface area (Å²) in [6, 6.07) is 10.9. The molecule has 0 saturated carbocycles. The number of aromatic nitrogens is 3. The average molecular weight is 432 g/mol. The monoisotopic (exact) mass is 432 g/mol. The Morgan fingerprint density at radius 3 is 2.69 bits per heavy atom. The molecule has 0 radical (unpaired) electrons. The number of halogens is 1. The SMILES string of the molecule is Cc1ccc(-c2ncccn2)c(C(=O)N2C3CC[C@H]2CCC3COc2ccc(F)cn2)c1. The number of nitrogens with zero attached hydrogens (tertiary/aromatic N) is 4. The van der Waals surface area contributed by atoms with Crippen molar-refractivity contribution in [2.75, 3.05) is 6.61 Å². The molecule has 6 nitrogen and oxygen atoms in total. The van der Waals surface area contributed by atoms with Crippen LogP contribution in [0.25, 0.3) is 11.4 Å². The molecular weight excluding hydrogens is 407 g/mol. The number of aryl methyl sites for hydroxylation is 1. The molecule has 32 heavy (non-hydrogen) atoms. The predicted octanol–water partition coefficient (Wildman–Crippen LogP) is 4.45. The number of piperidine rings is 1. The van der Waals surface area contributed by atoms with E-state index in [9.17, 15) is 9.18 Å². The van der Waals surface area contributed by atoms with Gasteiger partial charge in [0.2, 0.25) is 5.88 Å². The van der Waals surface area contributed by atoms with E-state index < -0.39 is 0 Å². The van der Waals surface area contributed by atoms with Gasteiger partial charge in [-0.05, 0) is 50.8 Å². The van der Waals surface area contributed by atoms with Crippen molar-refractivity contribution in [3.8, 4) is 17.3 Å². The summed E-state index contributed by atoms with van der Waals surface area (Å²) in [6.45, 7) is 2.45. The summed E-state index contributed by atoms with van der Waals surface area (Å²) < 4.78 is 19.0. The second kappa shape index (κ2) is 8.65. The van der Waals surface area contributed by atoms with Crippen molar-refractivity contribution in [3.05, 3.63) is 71.9 Å². The quantitative estimate of drug-likeness (QED) is 0.596. The molecule has 4 heterocycles. The van der Waals surface area contributed by atoms with Crippen LogP contribution < -0.4 is 4.74 Å². The van der Waals surface area contributed by atoms with Gasteiger partial charge in [0.05, 0.1) is 18.4 Å². The highest BCUT2D eigenvalue weighted by Crippen LogP contribution is 2.41. The van der Waals surface area contributed by atoms with Gasteiger partial charge in [-0.3, -0.25) is 4.79 Å². The van der Waals surface area contributed by atoms with Crippen LogP contribution >= 0.6 is 0 Å². The van der Waals surface area contributed by atoms with E-state index in [0.29, 0.717) is 23.9 Å². The van der Waals surface area contributed by atoms with Crippen LogP contribution in [0.2, 0.25) is 0 Å². The van der Waals surface area contributed by atoms with E-state index >= 15 is 0 Å². The van der Waals surface area contributed by atoms with Crippen molar-refractivity contribution >= 4 is 5.91 Å². The van der Waals surface area contributed by atoms with E-state index in [1.165, 1.54) is 12.1 Å². The van der Waals surface area contributed by atoms with E-state index in [0.717, 1.165) is 43.0 Å². The Labute approximate surface area is 186 Å². The van der Waals surface area contributed by atoms with E-state index in [4.69, 9.17) is 4.74 Å². The van der Waals surface area contributed by atoms with Gasteiger partial charge in [0, 0.05) is 42.0 Å². The van der Waals surface area contributed by atoms with Gasteiger partial charge in [-0.25, -0.2) is 19.3 Å². The zero-order valence-electron chi connectivity index (χ0n) is 17.9. The molecule has 164 valence electrons. The molecule has 0 spiro atoms. The minimum atomic E-state index is -0.387. The molecule has 1 amide bonds. The summed E-state index contributed by atoms with van der Waals surface area (Å²) in [5, 5.41) is 0. The second-order valence-corrected chi connectivity index (χ2v) is 8.60. The number of hydrogen-bond donors (Lipinski definition) is 0. The summed E-state index contributed by atoms with van der Waals surface area (Å²) in [6.07, 6.45) is 8.46. The molecule has 0 aliphatic carbocycles. The van der Waals surface area contributed by atoms with Crippen LogP contribution in [0, 0.1) is 18.7 Å². The van der Waals surface area contributed by atoms with Crippen molar-refractivity contribution in [2.24, 2.45) is 5.92 Å². The number of fused-ring (bicyclic) bond motifs is 2. The maximum Gasteiger partial charge on any atom is 0.255 e. The van der Waals surface area contributed by atoms with E-state index in [1.54, 1.807) is 18.5 Å². The number of rotatable bonds is 5. The third kappa shape index (κ3) is 3.95. The Bertz CT molecular complexity index is 1110. The van der Waals surface area contributed by atoms with Crippen molar-refractivity contribution in [1.82, 2.24) is 19.9 Å². The largest absolute Gasteiger partial charge is 0.477 e. The molecule has 2 bridgehead atoms. The number of carbonyl (C=O) groups is 1. The van der Waals surface area contributed by atoms with Gasteiger partial charge in [0.1, 0.15) is 5.82 Å². The van der Waals surface area contributed by atoms with Gasteiger partial charge >= 0.3 is 0 Å². The van der Waals surface area contributed by atoms with Crippen molar-refractivity contribution < 1.29 is 13.9 Å². The lowest BCUT2D eigenvalue weighted by Gasteiger charge is -2.40. The maximum atomic E-state index is 13.8. The average Bonchev–Trinajstić information content (AvgIpc) is 3.13. The normalized spacial score (nSPS) is 22.1. The number of pyridine rings is 1. The Balaban J connectivity index is 1.39. The fraction of sp³-hybridized carbons (Fsp3) is 0.360. The lowest BCUT2D eigenvalue weighted by atomic mass is 9.89. The van der Waals surface area contributed by atoms with Crippen molar-refractivity contribution in [3.63, 3.8) is 0 Å². The Morgan fingerprint density at radius 1 is 1.09 bits per heavy atom. The van der Waals surface area contributed by atoms with Gasteiger partial charge in [-0.15, -0.1) is 0 Å². The summed E-state index contributed by atoms with van der Waals surface area (Å²) in [5.41, 5.74) is 2.43. The lowest BCUT2D eigenvalue weighted by Crippen LogP contribution is -2.49. The Hall–Kier alpha value is -3.35. The second-order valence-electron chi connectivity index (χ2n) is 8.60. The van der Waals surface area contributed by atoms with Crippen molar-refractivity contribution in [2.45, 2.75) is 44.7 Å². The molecular formula is C25H25FN4O2. The zero-order valence-corrected chi connectivity index (χ0v) is 17.9. The summed E-state index contributed by atoms with van der Waals surface area (Å²) >= 11 is 0. The first-order chi connectivity index (χ1) is 15.6. The van der Waals surface area contributed by atoms with Gasteiger partial charge in [0.25, 0.3) is 5.91 Å². The van der Waals surface area contributed by atoms with Gasteiger partial charge in [-0.2, -0.15) is 0 Å². The highest BCUT2D eigenvalue weighted by molar-refractivity contribution is 6.01. The van der Waals surface area contributed by atoms with Crippen molar-refractivity contribution in [1.29, 1.82) is 0 Å². The molecule has 0 N–H and O–H groups in total. The first kappa shape index (κ1) is 20.5. The van der Waals surface area contributed by atoms with Crippen LogP contribution in [0.3, 0.4) is 0 Å². The first-order valence-corrected chi connectivity index (χ1v) is 11.0. The number of hydrogen-bond acceptors (Lipinski definition) is 5. The van der Waals surface area contributed by atoms with Gasteiger partial charge < -0.3 is 9.64 Å². The number of ether oxygens (including phenoxy) is 1. The smallest absolute Gasteiger partial charge is 0.255 e. The predicted molar refractivity (Wildman–Crippen MR) is 118 cm³/mol. The molecule has 2 aliphatic heterocycles. The van der Waals surface area contributed by atoms with E-state index in [2.05, 4.69) is 19.9 Å². The highest BCUT2D eigenvalue weighted by Gasteiger charge is 2.45. The van der Waals surface area contributed by atoms with E-state index in [1.807, 2.05) is 25.1 Å². The standard InChI is InChI=1S/C25H25FN4O2/c1-16-3-8-20(24-27-11-2-12-28-24)21(13-16)25(31)30-19-6-4-17(22(30)9-7-19)15-32-23-10-5-18(26)14-29-23/h2-3,5,8,10-14,17,19,22H,4,6-7,9,15H2,1H3/t17?,19-,22?/m1/s1. The van der Waals surface area contributed by atoms with E-state index in [-0.39, 0.29) is 29.7 Å². The number of benzene rings is 1. The molecule has 2 fully saturated rings. The molecule has 2 unspecified atom stereocenters. The van der Waals surface area contributed by atoms with Gasteiger partial charge in [-0.1, -0.05) is 17.7 Å². The third-order valence-electron chi connectivity index (χ3n) is 6.55. The van der Waals surface area contributed by atoms with Crippen LogP contribution in [0.4, 0.5) is 4.39 Å². The molecule has 5 rings (SSSR count). The molecule has 3 aromatic rings. The van der Waals surface area contributed by atoms with Crippen LogP contribution in [0.5, 0.6) is 5.88 Å². The molecule has 3 atom stereocenters. The lowest BCUT2D eigenvalue weighted by molar-refractivity contribution is 0.0403. The summed E-state index contributed by atoms with van der Waals surface area (Å²) in [4.78, 5) is 28.6. The molecule has 7 heteroatoms. The third-order valence-corrected chi connectivity index (χ3v) is 6.55.